The molecule has 0 spiro atoms. The smallest absolute Gasteiger partial charge is 0.130 e. The fraction of sp³-hybridized carbons (Fsp3) is 0.0952. The first-order chi connectivity index (χ1) is 11.2. The van der Waals surface area contributed by atoms with E-state index in [1.54, 1.807) is 12.1 Å². The van der Waals surface area contributed by atoms with Gasteiger partial charge in [-0.3, -0.25) is 0 Å². The molecule has 23 heavy (non-hydrogen) atoms. The maximum Gasteiger partial charge on any atom is 0.130 e. The van der Waals surface area contributed by atoms with Crippen molar-refractivity contribution in [1.82, 2.24) is 0 Å². The van der Waals surface area contributed by atoms with Crippen LogP contribution in [0, 0.1) is 12.7 Å². The number of rotatable bonds is 2. The number of halogens is 1. The molecule has 0 aromatic heterocycles. The van der Waals surface area contributed by atoms with Gasteiger partial charge in [-0.05, 0) is 53.4 Å². The Morgan fingerprint density at radius 1 is 0.870 bits per heavy atom. The van der Waals surface area contributed by atoms with Crippen molar-refractivity contribution in [3.8, 4) is 28.0 Å². The summed E-state index contributed by atoms with van der Waals surface area (Å²) in [5.41, 5.74) is 5.40. The Hall–Kier alpha value is -2.61. The zero-order chi connectivity index (χ0) is 15.8. The Balaban J connectivity index is 1.90. The molecule has 3 aromatic rings. The predicted molar refractivity (Wildman–Crippen MR) is 90.7 cm³/mol. The van der Waals surface area contributed by atoms with Gasteiger partial charge in [-0.2, -0.15) is 0 Å². The fourth-order valence-corrected chi connectivity index (χ4v) is 3.07. The van der Waals surface area contributed by atoms with Crippen molar-refractivity contribution in [1.29, 1.82) is 0 Å². The van der Waals surface area contributed by atoms with Gasteiger partial charge in [0.15, 0.2) is 0 Å². The number of hydrogen-bond acceptors (Lipinski definition) is 1. The summed E-state index contributed by atoms with van der Waals surface area (Å²) in [4.78, 5) is 0. The minimum Gasteiger partial charge on any atom is -0.489 e. The summed E-state index contributed by atoms with van der Waals surface area (Å²) in [5, 5.41) is 0. The van der Waals surface area contributed by atoms with Gasteiger partial charge in [0.2, 0.25) is 0 Å². The van der Waals surface area contributed by atoms with E-state index in [0.29, 0.717) is 0 Å². The highest BCUT2D eigenvalue weighted by atomic mass is 19.1. The lowest BCUT2D eigenvalue weighted by Gasteiger charge is -2.12. The molecule has 0 saturated carbocycles. The summed E-state index contributed by atoms with van der Waals surface area (Å²) in [6, 6.07) is 21.1. The molecule has 0 bridgehead atoms. The van der Waals surface area contributed by atoms with Gasteiger partial charge < -0.3 is 4.74 Å². The van der Waals surface area contributed by atoms with Crippen LogP contribution in [0.15, 0.2) is 66.7 Å². The summed E-state index contributed by atoms with van der Waals surface area (Å²) in [6.07, 6.45) is 0.722. The average molecular weight is 303 g/mol. The molecule has 4 rings (SSSR count). The molecule has 2 heteroatoms. The minimum atomic E-state index is -0.236. The molecule has 1 aliphatic heterocycles. The van der Waals surface area contributed by atoms with Crippen LogP contribution >= 0.6 is 0 Å². The van der Waals surface area contributed by atoms with Crippen LogP contribution in [0.4, 0.5) is 4.39 Å². The van der Waals surface area contributed by atoms with Gasteiger partial charge in [-0.25, -0.2) is 4.39 Å². The SMILES string of the molecule is [CH2]C1Cc2cc(-c3ccccc3)cc(-c3ccc(F)cc3)c2O1. The van der Waals surface area contributed by atoms with Crippen LogP contribution in [0.5, 0.6) is 5.75 Å². The molecule has 1 heterocycles. The third kappa shape index (κ3) is 2.61. The molecule has 1 aliphatic rings. The van der Waals surface area contributed by atoms with Crippen molar-refractivity contribution < 1.29 is 9.13 Å². The highest BCUT2D eigenvalue weighted by Gasteiger charge is 2.24. The molecule has 0 aliphatic carbocycles. The van der Waals surface area contributed by atoms with E-state index in [9.17, 15) is 4.39 Å². The Morgan fingerprint density at radius 3 is 2.35 bits per heavy atom. The Labute approximate surface area is 135 Å². The van der Waals surface area contributed by atoms with Gasteiger partial charge in [0.25, 0.3) is 0 Å². The van der Waals surface area contributed by atoms with Gasteiger partial charge in [-0.15, -0.1) is 0 Å². The lowest BCUT2D eigenvalue weighted by molar-refractivity contribution is 0.282. The van der Waals surface area contributed by atoms with Crippen LogP contribution < -0.4 is 4.74 Å². The topological polar surface area (TPSA) is 9.23 Å². The summed E-state index contributed by atoms with van der Waals surface area (Å²) in [5.74, 6) is 0.636. The molecule has 113 valence electrons. The van der Waals surface area contributed by atoms with Gasteiger partial charge >= 0.3 is 0 Å². The third-order valence-corrected chi connectivity index (χ3v) is 4.16. The van der Waals surface area contributed by atoms with Crippen molar-refractivity contribution in [3.63, 3.8) is 0 Å². The minimum absolute atomic E-state index is 0.0739. The first-order valence-electron chi connectivity index (χ1n) is 7.69. The second-order valence-electron chi connectivity index (χ2n) is 5.83. The molecule has 1 nitrogen and oxygen atoms in total. The predicted octanol–water partition coefficient (Wildman–Crippen LogP) is 5.30. The lowest BCUT2D eigenvalue weighted by atomic mass is 9.94. The van der Waals surface area contributed by atoms with Crippen LogP contribution in [0.25, 0.3) is 22.3 Å². The van der Waals surface area contributed by atoms with Crippen molar-refractivity contribution in [2.45, 2.75) is 12.5 Å². The monoisotopic (exact) mass is 303 g/mol. The molecule has 0 saturated heterocycles. The highest BCUT2D eigenvalue weighted by Crippen LogP contribution is 2.42. The van der Waals surface area contributed by atoms with Gasteiger partial charge in [0.1, 0.15) is 17.7 Å². The van der Waals surface area contributed by atoms with Crippen LogP contribution in [0.2, 0.25) is 0 Å². The number of fused-ring (bicyclic) bond motifs is 1. The zero-order valence-corrected chi connectivity index (χ0v) is 12.6. The number of benzene rings is 3. The Morgan fingerprint density at radius 2 is 1.61 bits per heavy atom. The van der Waals surface area contributed by atoms with E-state index in [1.165, 1.54) is 12.1 Å². The van der Waals surface area contributed by atoms with E-state index in [2.05, 4.69) is 31.2 Å². The fourth-order valence-electron chi connectivity index (χ4n) is 3.07. The highest BCUT2D eigenvalue weighted by molar-refractivity contribution is 5.80. The van der Waals surface area contributed by atoms with Crippen LogP contribution in [-0.4, -0.2) is 6.10 Å². The number of hydrogen-bond donors (Lipinski definition) is 0. The Bertz CT molecular complexity index is 838. The molecule has 1 unspecified atom stereocenters. The van der Waals surface area contributed by atoms with Gasteiger partial charge in [0.05, 0.1) is 0 Å². The summed E-state index contributed by atoms with van der Waals surface area (Å²) in [6.45, 7) is 4.02. The quantitative estimate of drug-likeness (QED) is 0.624. The van der Waals surface area contributed by atoms with Crippen molar-refractivity contribution in [2.75, 3.05) is 0 Å². The maximum absolute atomic E-state index is 13.2. The largest absolute Gasteiger partial charge is 0.489 e. The third-order valence-electron chi connectivity index (χ3n) is 4.16. The van der Waals surface area contributed by atoms with Crippen molar-refractivity contribution in [2.24, 2.45) is 0 Å². The number of ether oxygens (including phenoxy) is 1. The van der Waals surface area contributed by atoms with E-state index < -0.39 is 0 Å². The van der Waals surface area contributed by atoms with Crippen LogP contribution in [0.3, 0.4) is 0 Å². The zero-order valence-electron chi connectivity index (χ0n) is 12.6. The summed E-state index contributed by atoms with van der Waals surface area (Å²) >= 11 is 0. The van der Waals surface area contributed by atoms with E-state index in [-0.39, 0.29) is 11.9 Å². The van der Waals surface area contributed by atoms with E-state index >= 15 is 0 Å². The van der Waals surface area contributed by atoms with E-state index in [0.717, 1.165) is 40.0 Å². The van der Waals surface area contributed by atoms with Gasteiger partial charge in [-0.1, -0.05) is 42.5 Å². The van der Waals surface area contributed by atoms with E-state index in [1.807, 2.05) is 18.2 Å². The first-order valence-corrected chi connectivity index (χ1v) is 7.69. The van der Waals surface area contributed by atoms with E-state index in [4.69, 9.17) is 4.74 Å². The van der Waals surface area contributed by atoms with Crippen molar-refractivity contribution in [3.05, 3.63) is 85.0 Å². The standard InChI is InChI=1S/C21H16FO/c1-14-11-18-12-17(15-5-3-2-4-6-15)13-20(21(18)23-14)16-7-9-19(22)10-8-16/h2-10,12-14H,1,11H2. The van der Waals surface area contributed by atoms with Gasteiger partial charge in [0, 0.05) is 12.0 Å². The van der Waals surface area contributed by atoms with Crippen LogP contribution in [-0.2, 0) is 6.42 Å². The first kappa shape index (κ1) is 14.0. The summed E-state index contributed by atoms with van der Waals surface area (Å²) < 4.78 is 19.2. The van der Waals surface area contributed by atoms with Crippen LogP contribution in [0.1, 0.15) is 5.56 Å². The van der Waals surface area contributed by atoms with Crippen molar-refractivity contribution >= 4 is 0 Å². The molecule has 0 fully saturated rings. The molecule has 1 atom stereocenters. The molecule has 0 amide bonds. The normalized spacial score (nSPS) is 16.0. The second kappa shape index (κ2) is 5.54. The second-order valence-corrected chi connectivity index (χ2v) is 5.83. The molecule has 1 radical (unpaired) electrons. The summed E-state index contributed by atoms with van der Waals surface area (Å²) in [7, 11) is 0. The average Bonchev–Trinajstić information content (AvgIpc) is 2.96. The molecule has 0 N–H and O–H groups in total. The molecular formula is C21H16FO. The lowest BCUT2D eigenvalue weighted by Crippen LogP contribution is -2.06. The molecule has 3 aromatic carbocycles. The maximum atomic E-state index is 13.2. The Kier molecular flexibility index (Phi) is 3.38. The molecular weight excluding hydrogens is 287 g/mol.